The summed E-state index contributed by atoms with van der Waals surface area (Å²) < 4.78 is 5.20. The van der Waals surface area contributed by atoms with Crippen LogP contribution in [0.1, 0.15) is 27.8 Å². The second-order valence-corrected chi connectivity index (χ2v) is 3.64. The average Bonchev–Trinajstić information content (AvgIpc) is 2.61. The van der Waals surface area contributed by atoms with Crippen molar-refractivity contribution in [3.63, 3.8) is 0 Å². The Balaban J connectivity index is 2.17. The largest absolute Gasteiger partial charge is 0.436 e. The first kappa shape index (κ1) is 11.3. The zero-order valence-electron chi connectivity index (χ0n) is 9.81. The molecule has 0 aliphatic heterocycles. The van der Waals surface area contributed by atoms with Crippen LogP contribution in [0.2, 0.25) is 0 Å². The van der Waals surface area contributed by atoms with Gasteiger partial charge in [0.1, 0.15) is 0 Å². The molecule has 0 saturated heterocycles. The first-order valence-corrected chi connectivity index (χ1v) is 5.10. The van der Waals surface area contributed by atoms with Gasteiger partial charge in [0.2, 0.25) is 5.76 Å². The summed E-state index contributed by atoms with van der Waals surface area (Å²) in [7, 11) is 0. The van der Waals surface area contributed by atoms with E-state index < -0.39 is 0 Å². The van der Waals surface area contributed by atoms with E-state index in [-0.39, 0.29) is 11.7 Å². The molecule has 2 heterocycles. The van der Waals surface area contributed by atoms with Gasteiger partial charge in [-0.3, -0.25) is 9.78 Å². The van der Waals surface area contributed by atoms with Crippen molar-refractivity contribution in [3.05, 3.63) is 35.4 Å². The molecule has 6 heteroatoms. The maximum atomic E-state index is 11.8. The zero-order chi connectivity index (χ0) is 12.4. The van der Waals surface area contributed by atoms with Crippen molar-refractivity contribution < 1.29 is 9.21 Å². The molecule has 17 heavy (non-hydrogen) atoms. The minimum Gasteiger partial charge on any atom is -0.436 e. The number of oxazole rings is 1. The molecule has 1 amide bonds. The average molecular weight is 232 g/mol. The van der Waals surface area contributed by atoms with Crippen LogP contribution in [0.4, 0.5) is 5.82 Å². The monoisotopic (exact) mass is 232 g/mol. The Morgan fingerprint density at radius 2 is 2.00 bits per heavy atom. The van der Waals surface area contributed by atoms with Crippen LogP contribution in [-0.4, -0.2) is 20.9 Å². The molecule has 0 saturated carbocycles. The van der Waals surface area contributed by atoms with Crippen molar-refractivity contribution in [2.45, 2.75) is 20.8 Å². The first-order valence-electron chi connectivity index (χ1n) is 5.10. The molecule has 0 fully saturated rings. The molecule has 0 radical (unpaired) electrons. The van der Waals surface area contributed by atoms with E-state index >= 15 is 0 Å². The highest BCUT2D eigenvalue weighted by atomic mass is 16.4. The summed E-state index contributed by atoms with van der Waals surface area (Å²) in [6.07, 6.45) is 3.07. The van der Waals surface area contributed by atoms with E-state index in [1.165, 1.54) is 6.20 Å². The number of amides is 1. The van der Waals surface area contributed by atoms with Gasteiger partial charge in [-0.05, 0) is 13.8 Å². The molecular formula is C11H12N4O2. The van der Waals surface area contributed by atoms with E-state index in [4.69, 9.17) is 4.42 Å². The highest BCUT2D eigenvalue weighted by Gasteiger charge is 2.16. The number of nitrogens with zero attached hydrogens (tertiary/aromatic N) is 3. The molecule has 6 nitrogen and oxygen atoms in total. The van der Waals surface area contributed by atoms with E-state index in [9.17, 15) is 4.79 Å². The number of hydrogen-bond donors (Lipinski definition) is 1. The summed E-state index contributed by atoms with van der Waals surface area (Å²) in [5.41, 5.74) is 1.34. The SMILES string of the molecule is Cc1cnc(NC(=O)c2oc(C)nc2C)cn1. The molecule has 0 aromatic carbocycles. The first-order chi connectivity index (χ1) is 8.06. The predicted octanol–water partition coefficient (Wildman–Crippen LogP) is 1.64. The third-order valence-corrected chi connectivity index (χ3v) is 2.13. The summed E-state index contributed by atoms with van der Waals surface area (Å²) in [6, 6.07) is 0. The highest BCUT2D eigenvalue weighted by Crippen LogP contribution is 2.11. The highest BCUT2D eigenvalue weighted by molar-refractivity contribution is 6.02. The summed E-state index contributed by atoms with van der Waals surface area (Å²) in [6.45, 7) is 5.23. The second-order valence-electron chi connectivity index (χ2n) is 3.64. The van der Waals surface area contributed by atoms with E-state index in [0.29, 0.717) is 17.4 Å². The number of nitrogens with one attached hydrogen (secondary N) is 1. The molecule has 0 aliphatic carbocycles. The Labute approximate surface area is 98.1 Å². The molecule has 2 aromatic rings. The van der Waals surface area contributed by atoms with Crippen LogP contribution >= 0.6 is 0 Å². The summed E-state index contributed by atoms with van der Waals surface area (Å²) in [5, 5.41) is 2.59. The molecule has 0 atom stereocenters. The van der Waals surface area contributed by atoms with Crippen LogP contribution in [0, 0.1) is 20.8 Å². The van der Waals surface area contributed by atoms with Gasteiger partial charge in [-0.25, -0.2) is 9.97 Å². The van der Waals surface area contributed by atoms with Crippen LogP contribution < -0.4 is 5.32 Å². The lowest BCUT2D eigenvalue weighted by molar-refractivity contribution is 0.0994. The van der Waals surface area contributed by atoms with Crippen molar-refractivity contribution in [2.24, 2.45) is 0 Å². The van der Waals surface area contributed by atoms with Crippen molar-refractivity contribution in [1.29, 1.82) is 0 Å². The van der Waals surface area contributed by atoms with Crippen molar-refractivity contribution in [3.8, 4) is 0 Å². The molecular weight excluding hydrogens is 220 g/mol. The number of anilines is 1. The Hall–Kier alpha value is -2.24. The van der Waals surface area contributed by atoms with Crippen molar-refractivity contribution in [1.82, 2.24) is 15.0 Å². The van der Waals surface area contributed by atoms with Crippen LogP contribution in [0.3, 0.4) is 0 Å². The van der Waals surface area contributed by atoms with Gasteiger partial charge in [0.15, 0.2) is 11.7 Å². The number of aryl methyl sites for hydroxylation is 3. The lowest BCUT2D eigenvalue weighted by Gasteiger charge is -2.01. The molecule has 0 bridgehead atoms. The van der Waals surface area contributed by atoms with Crippen LogP contribution in [0.25, 0.3) is 0 Å². The summed E-state index contributed by atoms with van der Waals surface area (Å²) in [4.78, 5) is 23.9. The number of aromatic nitrogens is 3. The van der Waals surface area contributed by atoms with Gasteiger partial charge in [-0.2, -0.15) is 0 Å². The molecule has 1 N–H and O–H groups in total. The van der Waals surface area contributed by atoms with Gasteiger partial charge >= 0.3 is 0 Å². The van der Waals surface area contributed by atoms with Gasteiger partial charge in [-0.15, -0.1) is 0 Å². The fourth-order valence-corrected chi connectivity index (χ4v) is 1.37. The molecule has 0 unspecified atom stereocenters. The maximum Gasteiger partial charge on any atom is 0.294 e. The van der Waals surface area contributed by atoms with E-state index in [2.05, 4.69) is 20.3 Å². The third-order valence-electron chi connectivity index (χ3n) is 2.13. The quantitative estimate of drug-likeness (QED) is 0.851. The smallest absolute Gasteiger partial charge is 0.294 e. The number of carbonyl (C=O) groups is 1. The van der Waals surface area contributed by atoms with Crippen molar-refractivity contribution in [2.75, 3.05) is 5.32 Å². The maximum absolute atomic E-state index is 11.8. The Morgan fingerprint density at radius 1 is 1.24 bits per heavy atom. The Bertz CT molecular complexity index is 545. The zero-order valence-corrected chi connectivity index (χ0v) is 9.81. The lowest BCUT2D eigenvalue weighted by atomic mass is 10.3. The normalized spacial score (nSPS) is 10.3. The molecule has 2 aromatic heterocycles. The number of rotatable bonds is 2. The van der Waals surface area contributed by atoms with Crippen LogP contribution in [-0.2, 0) is 0 Å². The lowest BCUT2D eigenvalue weighted by Crippen LogP contribution is -2.13. The topological polar surface area (TPSA) is 80.9 Å². The second kappa shape index (κ2) is 4.32. The van der Waals surface area contributed by atoms with Crippen molar-refractivity contribution >= 4 is 11.7 Å². The van der Waals surface area contributed by atoms with Crippen LogP contribution in [0.15, 0.2) is 16.8 Å². The minimum atomic E-state index is -0.374. The Morgan fingerprint density at radius 3 is 2.53 bits per heavy atom. The van der Waals surface area contributed by atoms with Gasteiger partial charge in [0.05, 0.1) is 23.8 Å². The molecule has 88 valence electrons. The Kier molecular flexibility index (Phi) is 2.86. The molecule has 0 spiro atoms. The van der Waals surface area contributed by atoms with E-state index in [1.807, 2.05) is 6.92 Å². The number of hydrogen-bond acceptors (Lipinski definition) is 5. The minimum absolute atomic E-state index is 0.199. The number of carbonyl (C=O) groups excluding carboxylic acids is 1. The molecule has 0 aliphatic rings. The predicted molar refractivity (Wildman–Crippen MR) is 60.7 cm³/mol. The van der Waals surface area contributed by atoms with E-state index in [1.54, 1.807) is 20.0 Å². The summed E-state index contributed by atoms with van der Waals surface area (Å²) >= 11 is 0. The van der Waals surface area contributed by atoms with Gasteiger partial charge in [0.25, 0.3) is 5.91 Å². The molecule has 2 rings (SSSR count). The van der Waals surface area contributed by atoms with Gasteiger partial charge in [-0.1, -0.05) is 0 Å². The van der Waals surface area contributed by atoms with E-state index in [0.717, 1.165) is 5.69 Å². The third kappa shape index (κ3) is 2.47. The standard InChI is InChI=1S/C11H12N4O2/c1-6-4-13-9(5-12-6)15-11(16)10-7(2)14-8(3)17-10/h4-5H,1-3H3,(H,13,15,16). The summed E-state index contributed by atoms with van der Waals surface area (Å²) in [5.74, 6) is 0.669. The fraction of sp³-hybridized carbons (Fsp3) is 0.273. The van der Waals surface area contributed by atoms with Gasteiger partial charge < -0.3 is 9.73 Å². The fourth-order valence-electron chi connectivity index (χ4n) is 1.37. The van der Waals surface area contributed by atoms with Gasteiger partial charge in [0, 0.05) is 6.92 Å². The van der Waals surface area contributed by atoms with Crippen LogP contribution in [0.5, 0.6) is 0 Å².